The van der Waals surface area contributed by atoms with Crippen molar-refractivity contribution in [2.24, 2.45) is 4.99 Å². The fraction of sp³-hybridized carbons (Fsp3) is 0.222. The van der Waals surface area contributed by atoms with Gasteiger partial charge in [-0.25, -0.2) is 9.59 Å². The molecule has 0 spiro atoms. The van der Waals surface area contributed by atoms with Crippen LogP contribution in [0.5, 0.6) is 5.88 Å². The molecule has 0 aromatic carbocycles. The van der Waals surface area contributed by atoms with E-state index in [0.29, 0.717) is 6.21 Å². The maximum Gasteiger partial charge on any atom is 0.329 e. The number of carbonyl (C=O) groups is 2. The number of nitrogens with one attached hydrogen (secondary N) is 2. The summed E-state index contributed by atoms with van der Waals surface area (Å²) in [5.74, 6) is -3.68. The predicted molar refractivity (Wildman–Crippen MR) is 60.6 cm³/mol. The van der Waals surface area contributed by atoms with Crippen molar-refractivity contribution < 1.29 is 24.9 Å². The molecule has 10 heteroatoms. The van der Waals surface area contributed by atoms with E-state index in [2.05, 4.69) is 4.99 Å². The highest BCUT2D eigenvalue weighted by atomic mass is 16.4. The number of carboxylic acids is 2. The predicted octanol–water partition coefficient (Wildman–Crippen LogP) is -1.88. The molecule has 0 amide bonds. The van der Waals surface area contributed by atoms with Crippen LogP contribution in [0.4, 0.5) is 0 Å². The molecule has 1 heterocycles. The third kappa shape index (κ3) is 3.80. The Bertz CT molecular complexity index is 642. The van der Waals surface area contributed by atoms with Gasteiger partial charge in [-0.2, -0.15) is 0 Å². The van der Waals surface area contributed by atoms with Crippen LogP contribution in [0.15, 0.2) is 14.6 Å². The molecule has 10 nitrogen and oxygen atoms in total. The van der Waals surface area contributed by atoms with E-state index in [0.717, 1.165) is 0 Å². The molecule has 5 N–H and O–H groups in total. The zero-order valence-corrected chi connectivity index (χ0v) is 9.28. The van der Waals surface area contributed by atoms with Crippen molar-refractivity contribution in [1.29, 1.82) is 0 Å². The van der Waals surface area contributed by atoms with E-state index in [9.17, 15) is 24.3 Å². The van der Waals surface area contributed by atoms with Crippen LogP contribution in [-0.2, 0) is 9.59 Å². The first kappa shape index (κ1) is 14.2. The van der Waals surface area contributed by atoms with E-state index in [-0.39, 0.29) is 0 Å². The summed E-state index contributed by atoms with van der Waals surface area (Å²) >= 11 is 0. The number of H-pyrrole nitrogens is 2. The first-order valence-electron chi connectivity index (χ1n) is 4.84. The molecule has 0 aliphatic heterocycles. The zero-order valence-electron chi connectivity index (χ0n) is 9.28. The Morgan fingerprint density at radius 3 is 2.37 bits per heavy atom. The van der Waals surface area contributed by atoms with Crippen molar-refractivity contribution in [3.63, 3.8) is 0 Å². The first-order chi connectivity index (χ1) is 8.81. The van der Waals surface area contributed by atoms with Crippen LogP contribution in [0.2, 0.25) is 0 Å². The van der Waals surface area contributed by atoms with Crippen LogP contribution < -0.4 is 11.2 Å². The second kappa shape index (κ2) is 5.62. The van der Waals surface area contributed by atoms with Gasteiger partial charge in [0.05, 0.1) is 6.42 Å². The molecule has 0 bridgehead atoms. The third-order valence-corrected chi connectivity index (χ3v) is 2.00. The number of aliphatic carboxylic acids is 2. The average Bonchev–Trinajstić information content (AvgIpc) is 2.25. The molecule has 0 saturated carbocycles. The highest BCUT2D eigenvalue weighted by Gasteiger charge is 2.19. The van der Waals surface area contributed by atoms with Crippen LogP contribution in [0.3, 0.4) is 0 Å². The fourth-order valence-corrected chi connectivity index (χ4v) is 1.14. The van der Waals surface area contributed by atoms with Gasteiger partial charge < -0.3 is 15.3 Å². The molecule has 0 aliphatic carbocycles. The Morgan fingerprint density at radius 1 is 1.26 bits per heavy atom. The summed E-state index contributed by atoms with van der Waals surface area (Å²) in [5, 5.41) is 26.4. The van der Waals surface area contributed by atoms with Crippen molar-refractivity contribution in [3.8, 4) is 5.88 Å². The first-order valence-corrected chi connectivity index (χ1v) is 4.84. The van der Waals surface area contributed by atoms with Gasteiger partial charge >= 0.3 is 17.6 Å². The molecule has 0 saturated heterocycles. The molecular weight excluding hydrogens is 262 g/mol. The van der Waals surface area contributed by atoms with E-state index >= 15 is 0 Å². The van der Waals surface area contributed by atoms with E-state index < -0.39 is 47.1 Å². The minimum Gasteiger partial charge on any atom is -0.494 e. The van der Waals surface area contributed by atoms with Gasteiger partial charge in [0.25, 0.3) is 5.56 Å². The lowest BCUT2D eigenvalue weighted by molar-refractivity contribution is -0.144. The largest absolute Gasteiger partial charge is 0.494 e. The SMILES string of the molecule is O=C(O)CC(N=Cc1c(O)[nH]c(=O)[nH]c1=O)C(=O)O. The number of carboxylic acid groups (broad SMARTS) is 2. The smallest absolute Gasteiger partial charge is 0.329 e. The molecule has 1 rings (SSSR count). The van der Waals surface area contributed by atoms with Gasteiger partial charge in [0, 0.05) is 6.21 Å². The minimum absolute atomic E-state index is 0.476. The Hall–Kier alpha value is -2.91. The Morgan fingerprint density at radius 2 is 1.89 bits per heavy atom. The van der Waals surface area contributed by atoms with Gasteiger partial charge in [-0.05, 0) is 0 Å². The van der Waals surface area contributed by atoms with E-state index in [4.69, 9.17) is 10.2 Å². The summed E-state index contributed by atoms with van der Waals surface area (Å²) in [6, 6.07) is -1.61. The standard InChI is InChI=1S/C9H9N3O7/c13-5(14)1-4(8(17)18)10-2-3-6(15)11-9(19)12-7(3)16/h2,4H,1H2,(H,13,14)(H,17,18)(H3,11,12,15,16,19). The summed E-state index contributed by atoms with van der Waals surface area (Å²) in [7, 11) is 0. The number of nitrogens with zero attached hydrogens (tertiary/aromatic N) is 1. The van der Waals surface area contributed by atoms with Crippen LogP contribution in [0, 0.1) is 0 Å². The van der Waals surface area contributed by atoms with Crippen molar-refractivity contribution in [2.75, 3.05) is 0 Å². The number of hydrogen-bond donors (Lipinski definition) is 5. The minimum atomic E-state index is -1.61. The van der Waals surface area contributed by atoms with Crippen LogP contribution in [0.1, 0.15) is 12.0 Å². The summed E-state index contributed by atoms with van der Waals surface area (Å²) in [6.45, 7) is 0. The molecule has 0 aliphatic rings. The third-order valence-electron chi connectivity index (χ3n) is 2.00. The summed E-state index contributed by atoms with van der Waals surface area (Å²) < 4.78 is 0. The van der Waals surface area contributed by atoms with Crippen molar-refractivity contribution in [2.45, 2.75) is 12.5 Å². The topological polar surface area (TPSA) is 173 Å². The monoisotopic (exact) mass is 271 g/mol. The van der Waals surface area contributed by atoms with E-state index in [1.807, 2.05) is 4.98 Å². The molecule has 1 unspecified atom stereocenters. The van der Waals surface area contributed by atoms with E-state index in [1.54, 1.807) is 4.98 Å². The second-order valence-corrected chi connectivity index (χ2v) is 3.40. The molecule has 19 heavy (non-hydrogen) atoms. The maximum atomic E-state index is 11.3. The van der Waals surface area contributed by atoms with Gasteiger partial charge in [-0.1, -0.05) is 0 Å². The van der Waals surface area contributed by atoms with Crippen molar-refractivity contribution in [3.05, 3.63) is 26.4 Å². The van der Waals surface area contributed by atoms with Gasteiger partial charge in [-0.3, -0.25) is 24.5 Å². The number of aromatic nitrogens is 2. The second-order valence-electron chi connectivity index (χ2n) is 3.40. The van der Waals surface area contributed by atoms with Gasteiger partial charge in [0.15, 0.2) is 6.04 Å². The van der Waals surface area contributed by atoms with Crippen LogP contribution in [-0.4, -0.2) is 49.5 Å². The molecule has 102 valence electrons. The quantitative estimate of drug-likeness (QED) is 0.389. The number of aliphatic imine (C=N–C) groups is 1. The molecule has 1 aromatic heterocycles. The fourth-order valence-electron chi connectivity index (χ4n) is 1.14. The normalized spacial score (nSPS) is 12.4. The van der Waals surface area contributed by atoms with E-state index in [1.165, 1.54) is 0 Å². The highest BCUT2D eigenvalue weighted by molar-refractivity contribution is 5.86. The lowest BCUT2D eigenvalue weighted by atomic mass is 10.2. The maximum absolute atomic E-state index is 11.3. The molecule has 1 aromatic rings. The summed E-state index contributed by atoms with van der Waals surface area (Å²) in [5.41, 5.74) is -2.40. The van der Waals surface area contributed by atoms with Crippen LogP contribution >= 0.6 is 0 Å². The summed E-state index contributed by atoms with van der Waals surface area (Å²) in [4.78, 5) is 50.2. The summed E-state index contributed by atoms with van der Waals surface area (Å²) in [6.07, 6.45) is -0.0975. The number of aromatic amines is 2. The lowest BCUT2D eigenvalue weighted by Gasteiger charge is -2.03. The number of hydrogen-bond acceptors (Lipinski definition) is 6. The molecule has 0 fully saturated rings. The van der Waals surface area contributed by atoms with Gasteiger partial charge in [0.2, 0.25) is 5.88 Å². The van der Waals surface area contributed by atoms with Crippen molar-refractivity contribution in [1.82, 2.24) is 9.97 Å². The zero-order chi connectivity index (χ0) is 14.6. The number of rotatable bonds is 5. The Kier molecular flexibility index (Phi) is 4.19. The molecule has 1 atom stereocenters. The molecular formula is C9H9N3O7. The molecule has 0 radical (unpaired) electrons. The van der Waals surface area contributed by atoms with Crippen LogP contribution in [0.25, 0.3) is 0 Å². The van der Waals surface area contributed by atoms with Crippen molar-refractivity contribution >= 4 is 18.2 Å². The number of aromatic hydroxyl groups is 1. The average molecular weight is 271 g/mol. The Labute approximate surface area is 104 Å². The van der Waals surface area contributed by atoms with Gasteiger partial charge in [0.1, 0.15) is 5.56 Å². The highest BCUT2D eigenvalue weighted by Crippen LogP contribution is 2.04. The van der Waals surface area contributed by atoms with Gasteiger partial charge in [-0.15, -0.1) is 0 Å². The lowest BCUT2D eigenvalue weighted by Crippen LogP contribution is -2.26. The Balaban J connectivity index is 3.09.